The Morgan fingerprint density at radius 3 is 2.53 bits per heavy atom. The van der Waals surface area contributed by atoms with Crippen molar-refractivity contribution in [3.63, 3.8) is 0 Å². The van der Waals surface area contributed by atoms with E-state index in [-0.39, 0.29) is 17.4 Å². The normalized spacial score (nSPS) is 10.2. The van der Waals surface area contributed by atoms with Gasteiger partial charge in [-0.25, -0.2) is 9.18 Å². The molecule has 3 nitrogen and oxygen atoms in total. The van der Waals surface area contributed by atoms with E-state index < -0.39 is 11.8 Å². The average Bonchev–Trinajstić information content (AvgIpc) is 2.19. The number of rotatable bonds is 3. The van der Waals surface area contributed by atoms with Crippen LogP contribution in [0.1, 0.15) is 24.2 Å². The molecule has 82 valence electrons. The van der Waals surface area contributed by atoms with Crippen LogP contribution in [0.15, 0.2) is 18.2 Å². The highest BCUT2D eigenvalue weighted by atomic mass is 19.1. The maximum atomic E-state index is 13.4. The lowest BCUT2D eigenvalue weighted by molar-refractivity contribution is 0.0600. The standard InChI is InChI=1S/C11H13FO3/c1-7(2)15-10-5-4-8(6-9(10)12)11(13)14-3/h4-7H,1-3H3. The first kappa shape index (κ1) is 11.5. The van der Waals surface area contributed by atoms with Crippen LogP contribution in [0.5, 0.6) is 5.75 Å². The molecule has 0 unspecified atom stereocenters. The summed E-state index contributed by atoms with van der Waals surface area (Å²) in [6.45, 7) is 3.60. The predicted molar refractivity (Wildman–Crippen MR) is 53.5 cm³/mol. The smallest absolute Gasteiger partial charge is 0.337 e. The third kappa shape index (κ3) is 2.94. The van der Waals surface area contributed by atoms with Gasteiger partial charge in [-0.2, -0.15) is 0 Å². The summed E-state index contributed by atoms with van der Waals surface area (Å²) in [5.41, 5.74) is 0.172. The maximum Gasteiger partial charge on any atom is 0.337 e. The molecule has 0 aliphatic rings. The van der Waals surface area contributed by atoms with Gasteiger partial charge in [0.25, 0.3) is 0 Å². The fourth-order valence-electron chi connectivity index (χ4n) is 1.10. The molecule has 0 heterocycles. The van der Waals surface area contributed by atoms with E-state index in [0.717, 1.165) is 6.07 Å². The van der Waals surface area contributed by atoms with Crippen molar-refractivity contribution >= 4 is 5.97 Å². The van der Waals surface area contributed by atoms with Gasteiger partial charge in [-0.15, -0.1) is 0 Å². The SMILES string of the molecule is COC(=O)c1ccc(OC(C)C)c(F)c1. The van der Waals surface area contributed by atoms with E-state index in [1.165, 1.54) is 19.2 Å². The molecular formula is C11H13FO3. The van der Waals surface area contributed by atoms with Crippen LogP contribution in [0.25, 0.3) is 0 Å². The first-order valence-corrected chi connectivity index (χ1v) is 4.59. The summed E-state index contributed by atoms with van der Waals surface area (Å²) in [7, 11) is 1.25. The molecule has 0 saturated carbocycles. The lowest BCUT2D eigenvalue weighted by atomic mass is 10.2. The van der Waals surface area contributed by atoms with Crippen molar-refractivity contribution in [1.29, 1.82) is 0 Å². The molecule has 0 N–H and O–H groups in total. The van der Waals surface area contributed by atoms with Crippen molar-refractivity contribution in [1.82, 2.24) is 0 Å². The van der Waals surface area contributed by atoms with Crippen LogP contribution in [0.3, 0.4) is 0 Å². The summed E-state index contributed by atoms with van der Waals surface area (Å²) < 4.78 is 23.0. The number of ether oxygens (including phenoxy) is 2. The summed E-state index contributed by atoms with van der Waals surface area (Å²) in [6.07, 6.45) is -0.108. The molecule has 0 aromatic heterocycles. The molecule has 0 fully saturated rings. The number of esters is 1. The molecule has 0 spiro atoms. The number of halogens is 1. The maximum absolute atomic E-state index is 13.4. The van der Waals surface area contributed by atoms with Gasteiger partial charge < -0.3 is 9.47 Å². The Kier molecular flexibility index (Phi) is 3.66. The first-order valence-electron chi connectivity index (χ1n) is 4.59. The molecule has 0 radical (unpaired) electrons. The highest BCUT2D eigenvalue weighted by Gasteiger charge is 2.11. The third-order valence-corrected chi connectivity index (χ3v) is 1.72. The van der Waals surface area contributed by atoms with E-state index in [4.69, 9.17) is 4.74 Å². The molecule has 1 rings (SSSR count). The Labute approximate surface area is 87.8 Å². The molecule has 1 aromatic rings. The van der Waals surface area contributed by atoms with Gasteiger partial charge in [-0.1, -0.05) is 0 Å². The zero-order valence-electron chi connectivity index (χ0n) is 8.91. The number of benzene rings is 1. The monoisotopic (exact) mass is 212 g/mol. The predicted octanol–water partition coefficient (Wildman–Crippen LogP) is 2.40. The molecule has 0 amide bonds. The Balaban J connectivity index is 2.93. The van der Waals surface area contributed by atoms with E-state index in [2.05, 4.69) is 4.74 Å². The summed E-state index contributed by atoms with van der Waals surface area (Å²) in [4.78, 5) is 11.1. The van der Waals surface area contributed by atoms with Gasteiger partial charge in [0.1, 0.15) is 0 Å². The Hall–Kier alpha value is -1.58. The van der Waals surface area contributed by atoms with Gasteiger partial charge >= 0.3 is 5.97 Å². The van der Waals surface area contributed by atoms with Crippen LogP contribution in [0.2, 0.25) is 0 Å². The Morgan fingerprint density at radius 1 is 1.40 bits per heavy atom. The van der Waals surface area contributed by atoms with Crippen molar-refractivity contribution in [3.8, 4) is 5.75 Å². The number of hydrogen-bond acceptors (Lipinski definition) is 3. The number of methoxy groups -OCH3 is 1. The highest BCUT2D eigenvalue weighted by Crippen LogP contribution is 2.19. The third-order valence-electron chi connectivity index (χ3n) is 1.72. The minimum atomic E-state index is -0.565. The highest BCUT2D eigenvalue weighted by molar-refractivity contribution is 5.89. The van der Waals surface area contributed by atoms with Crippen molar-refractivity contribution in [3.05, 3.63) is 29.6 Å². The number of hydrogen-bond donors (Lipinski definition) is 0. The van der Waals surface area contributed by atoms with E-state index in [1.807, 2.05) is 0 Å². The van der Waals surface area contributed by atoms with Gasteiger partial charge in [-0.3, -0.25) is 0 Å². The van der Waals surface area contributed by atoms with Gasteiger partial charge in [0.15, 0.2) is 11.6 Å². The van der Waals surface area contributed by atoms with Crippen molar-refractivity contribution in [2.45, 2.75) is 20.0 Å². The van der Waals surface area contributed by atoms with Crippen LogP contribution in [0.4, 0.5) is 4.39 Å². The largest absolute Gasteiger partial charge is 0.488 e. The topological polar surface area (TPSA) is 35.5 Å². The number of carbonyl (C=O) groups is 1. The lowest BCUT2D eigenvalue weighted by Gasteiger charge is -2.10. The average molecular weight is 212 g/mol. The minimum absolute atomic E-state index is 0.108. The summed E-state index contributed by atoms with van der Waals surface area (Å²) in [6, 6.07) is 3.98. The fourth-order valence-corrected chi connectivity index (χ4v) is 1.10. The molecule has 1 aromatic carbocycles. The van der Waals surface area contributed by atoms with Crippen molar-refractivity contribution < 1.29 is 18.7 Å². The zero-order valence-corrected chi connectivity index (χ0v) is 8.91. The molecule has 0 aliphatic carbocycles. The zero-order chi connectivity index (χ0) is 11.4. The molecule has 0 atom stereocenters. The van der Waals surface area contributed by atoms with Crippen LogP contribution in [-0.4, -0.2) is 19.2 Å². The molecule has 15 heavy (non-hydrogen) atoms. The second-order valence-corrected chi connectivity index (χ2v) is 3.30. The lowest BCUT2D eigenvalue weighted by Crippen LogP contribution is -2.08. The molecule has 4 heteroatoms. The van der Waals surface area contributed by atoms with Crippen molar-refractivity contribution in [2.75, 3.05) is 7.11 Å². The van der Waals surface area contributed by atoms with Gasteiger partial charge in [-0.05, 0) is 32.0 Å². The van der Waals surface area contributed by atoms with Gasteiger partial charge in [0, 0.05) is 0 Å². The van der Waals surface area contributed by atoms with Gasteiger partial charge in [0.05, 0.1) is 18.8 Å². The quantitative estimate of drug-likeness (QED) is 0.722. The molecular weight excluding hydrogens is 199 g/mol. The van der Waals surface area contributed by atoms with Crippen LogP contribution >= 0.6 is 0 Å². The summed E-state index contributed by atoms with van der Waals surface area (Å²) in [5.74, 6) is -0.991. The van der Waals surface area contributed by atoms with Crippen LogP contribution in [-0.2, 0) is 4.74 Å². The molecule has 0 aliphatic heterocycles. The molecule has 0 saturated heterocycles. The van der Waals surface area contributed by atoms with Crippen LogP contribution in [0, 0.1) is 5.82 Å². The Bertz CT molecular complexity index is 361. The summed E-state index contributed by atoms with van der Waals surface area (Å²) in [5, 5.41) is 0. The van der Waals surface area contributed by atoms with Gasteiger partial charge in [0.2, 0.25) is 0 Å². The van der Waals surface area contributed by atoms with E-state index in [9.17, 15) is 9.18 Å². The Morgan fingerprint density at radius 2 is 2.07 bits per heavy atom. The summed E-state index contributed by atoms with van der Waals surface area (Å²) >= 11 is 0. The molecule has 0 bridgehead atoms. The second-order valence-electron chi connectivity index (χ2n) is 3.30. The van der Waals surface area contributed by atoms with Crippen molar-refractivity contribution in [2.24, 2.45) is 0 Å². The van der Waals surface area contributed by atoms with E-state index in [1.54, 1.807) is 13.8 Å². The minimum Gasteiger partial charge on any atom is -0.488 e. The first-order chi connectivity index (χ1) is 7.04. The second kappa shape index (κ2) is 4.77. The van der Waals surface area contributed by atoms with E-state index >= 15 is 0 Å². The number of carbonyl (C=O) groups excluding carboxylic acids is 1. The van der Waals surface area contributed by atoms with Crippen LogP contribution < -0.4 is 4.74 Å². The van der Waals surface area contributed by atoms with E-state index in [0.29, 0.717) is 0 Å². The fraction of sp³-hybridized carbons (Fsp3) is 0.364.